The molecule has 0 radical (unpaired) electrons. The van der Waals surface area contributed by atoms with Crippen LogP contribution in [-0.4, -0.2) is 0 Å². The van der Waals surface area contributed by atoms with Gasteiger partial charge in [0, 0.05) is 0 Å². The van der Waals surface area contributed by atoms with Crippen molar-refractivity contribution in [2.75, 3.05) is 0 Å². The van der Waals surface area contributed by atoms with Crippen molar-refractivity contribution in [3.8, 4) is 0 Å². The Morgan fingerprint density at radius 2 is 1.25 bits per heavy atom. The quantitative estimate of drug-likeness (QED) is 0.465. The van der Waals surface area contributed by atoms with E-state index in [4.69, 9.17) is 0 Å². The largest absolute Gasteiger partial charge is 0.0985 e. The number of rotatable bonds is 10. The zero-order valence-corrected chi connectivity index (χ0v) is 13.8. The third-order valence-electron chi connectivity index (χ3n) is 4.07. The van der Waals surface area contributed by atoms with Gasteiger partial charge in [-0.05, 0) is 60.8 Å². The van der Waals surface area contributed by atoms with E-state index in [1.165, 1.54) is 63.4 Å². The van der Waals surface area contributed by atoms with E-state index in [0.29, 0.717) is 0 Å². The summed E-state index contributed by atoms with van der Waals surface area (Å²) in [6.45, 7) is 10.8. The normalized spacial score (nSPS) is 10.8. The van der Waals surface area contributed by atoms with Crippen molar-refractivity contribution in [2.45, 2.75) is 78.6 Å². The summed E-state index contributed by atoms with van der Waals surface area (Å²) < 4.78 is 0. The van der Waals surface area contributed by atoms with Crippen LogP contribution in [0.15, 0.2) is 18.7 Å². The van der Waals surface area contributed by atoms with Gasteiger partial charge in [0.25, 0.3) is 0 Å². The first-order chi connectivity index (χ1) is 9.76. The summed E-state index contributed by atoms with van der Waals surface area (Å²) in [5.41, 5.74) is 6.13. The topological polar surface area (TPSA) is 0 Å². The molecule has 0 saturated heterocycles. The van der Waals surface area contributed by atoms with E-state index in [2.05, 4.69) is 39.5 Å². The Morgan fingerprint density at radius 1 is 0.800 bits per heavy atom. The lowest BCUT2D eigenvalue weighted by atomic mass is 9.89. The molecule has 0 aliphatic carbocycles. The highest BCUT2D eigenvalue weighted by Gasteiger charge is 2.09. The molecule has 0 heteroatoms. The first-order valence-corrected chi connectivity index (χ1v) is 8.53. The molecule has 0 nitrogen and oxygen atoms in total. The zero-order chi connectivity index (χ0) is 14.8. The third kappa shape index (κ3) is 5.15. The first kappa shape index (κ1) is 17.0. The van der Waals surface area contributed by atoms with Crippen LogP contribution in [0.2, 0.25) is 0 Å². The van der Waals surface area contributed by atoms with Crippen LogP contribution in [0.25, 0.3) is 6.08 Å². The Balaban J connectivity index is 3.10. The molecule has 1 aromatic rings. The third-order valence-corrected chi connectivity index (χ3v) is 4.07. The maximum Gasteiger partial charge on any atom is -0.0257 e. The van der Waals surface area contributed by atoms with E-state index >= 15 is 0 Å². The monoisotopic (exact) mass is 272 g/mol. The summed E-state index contributed by atoms with van der Waals surface area (Å²) in [5.74, 6) is 0. The van der Waals surface area contributed by atoms with Gasteiger partial charge < -0.3 is 0 Å². The smallest absolute Gasteiger partial charge is 0.0257 e. The lowest BCUT2D eigenvalue weighted by Gasteiger charge is -2.16. The van der Waals surface area contributed by atoms with Crippen LogP contribution in [0, 0.1) is 0 Å². The van der Waals surface area contributed by atoms with Crippen molar-refractivity contribution in [1.29, 1.82) is 0 Å². The maximum absolute atomic E-state index is 3.97. The van der Waals surface area contributed by atoms with Gasteiger partial charge in [-0.3, -0.25) is 0 Å². The summed E-state index contributed by atoms with van der Waals surface area (Å²) >= 11 is 0. The van der Waals surface area contributed by atoms with Crippen LogP contribution in [-0.2, 0) is 19.3 Å². The second-order valence-corrected chi connectivity index (χ2v) is 5.83. The molecule has 0 fully saturated rings. The molecule has 0 atom stereocenters. The molecule has 0 saturated carbocycles. The highest BCUT2D eigenvalue weighted by Crippen LogP contribution is 2.24. The molecule has 20 heavy (non-hydrogen) atoms. The van der Waals surface area contributed by atoms with E-state index in [1.54, 1.807) is 16.7 Å². The van der Waals surface area contributed by atoms with Gasteiger partial charge in [-0.25, -0.2) is 0 Å². The van der Waals surface area contributed by atoms with Crippen molar-refractivity contribution in [1.82, 2.24) is 0 Å². The second kappa shape index (κ2) is 9.80. The van der Waals surface area contributed by atoms with Crippen LogP contribution in [0.4, 0.5) is 0 Å². The van der Waals surface area contributed by atoms with Gasteiger partial charge in [0.05, 0.1) is 0 Å². The minimum Gasteiger partial charge on any atom is -0.0985 e. The Bertz CT molecular complexity index is 371. The van der Waals surface area contributed by atoms with Crippen molar-refractivity contribution < 1.29 is 0 Å². The second-order valence-electron chi connectivity index (χ2n) is 5.83. The van der Waals surface area contributed by atoms with Crippen LogP contribution < -0.4 is 0 Å². The van der Waals surface area contributed by atoms with Crippen LogP contribution in [0.1, 0.15) is 81.5 Å². The molecule has 1 aromatic carbocycles. The van der Waals surface area contributed by atoms with E-state index in [1.807, 2.05) is 6.08 Å². The van der Waals surface area contributed by atoms with Crippen molar-refractivity contribution in [2.24, 2.45) is 0 Å². The fourth-order valence-corrected chi connectivity index (χ4v) is 2.80. The summed E-state index contributed by atoms with van der Waals surface area (Å²) in [4.78, 5) is 0. The average molecular weight is 272 g/mol. The first-order valence-electron chi connectivity index (χ1n) is 8.53. The van der Waals surface area contributed by atoms with Crippen LogP contribution in [0.3, 0.4) is 0 Å². The number of hydrogen-bond donors (Lipinski definition) is 0. The van der Waals surface area contributed by atoms with Gasteiger partial charge in [-0.15, -0.1) is 0 Å². The molecule has 0 heterocycles. The maximum atomic E-state index is 3.97. The molecule has 0 bridgehead atoms. The van der Waals surface area contributed by atoms with Gasteiger partial charge in [0.1, 0.15) is 0 Å². The predicted octanol–water partition coefficient (Wildman–Crippen LogP) is 6.36. The number of benzene rings is 1. The number of unbranched alkanes of at least 4 members (excludes halogenated alkanes) is 3. The Kier molecular flexibility index (Phi) is 8.34. The summed E-state index contributed by atoms with van der Waals surface area (Å²) in [6.07, 6.45) is 13.5. The van der Waals surface area contributed by atoms with Crippen molar-refractivity contribution in [3.05, 3.63) is 41.0 Å². The summed E-state index contributed by atoms with van der Waals surface area (Å²) in [6, 6.07) is 4.76. The molecule has 0 N–H and O–H groups in total. The fraction of sp³-hybridized carbons (Fsp3) is 0.600. The van der Waals surface area contributed by atoms with Gasteiger partial charge in [-0.2, -0.15) is 0 Å². The molecule has 1 rings (SSSR count). The predicted molar refractivity (Wildman–Crippen MR) is 92.4 cm³/mol. The molecular weight excluding hydrogens is 240 g/mol. The van der Waals surface area contributed by atoms with E-state index in [0.717, 1.165) is 0 Å². The van der Waals surface area contributed by atoms with Gasteiger partial charge in [0.15, 0.2) is 0 Å². The molecular formula is C20H32. The van der Waals surface area contributed by atoms with E-state index < -0.39 is 0 Å². The zero-order valence-electron chi connectivity index (χ0n) is 13.8. The molecule has 0 spiro atoms. The number of aryl methyl sites for hydroxylation is 2. The molecule has 0 amide bonds. The summed E-state index contributed by atoms with van der Waals surface area (Å²) in [7, 11) is 0. The van der Waals surface area contributed by atoms with Crippen LogP contribution in [0.5, 0.6) is 0 Å². The van der Waals surface area contributed by atoms with Crippen molar-refractivity contribution >= 4 is 6.08 Å². The Morgan fingerprint density at radius 3 is 1.65 bits per heavy atom. The SMILES string of the molecule is C=Cc1cc(CCCC)c(CCCC)c(CCCC)c1. The van der Waals surface area contributed by atoms with Gasteiger partial charge in [-0.1, -0.05) is 64.8 Å². The lowest BCUT2D eigenvalue weighted by Crippen LogP contribution is -2.03. The highest BCUT2D eigenvalue weighted by molar-refractivity contribution is 5.53. The average Bonchev–Trinajstić information content (AvgIpc) is 2.48. The molecule has 0 aliphatic rings. The number of hydrogen-bond acceptors (Lipinski definition) is 0. The molecule has 0 aliphatic heterocycles. The summed E-state index contributed by atoms with van der Waals surface area (Å²) in [5, 5.41) is 0. The van der Waals surface area contributed by atoms with Gasteiger partial charge in [0.2, 0.25) is 0 Å². The lowest BCUT2D eigenvalue weighted by molar-refractivity contribution is 0.734. The standard InChI is InChI=1S/C20H32/c1-5-9-12-18-15-17(8-4)16-19(13-10-6-2)20(18)14-11-7-3/h8,15-16H,4-7,9-14H2,1-3H3. The van der Waals surface area contributed by atoms with Gasteiger partial charge >= 0.3 is 0 Å². The minimum atomic E-state index is 1.23. The highest BCUT2D eigenvalue weighted by atomic mass is 14.1. The van der Waals surface area contributed by atoms with E-state index in [-0.39, 0.29) is 0 Å². The fourth-order valence-electron chi connectivity index (χ4n) is 2.80. The Labute approximate surface area is 126 Å². The minimum absolute atomic E-state index is 1.23. The molecule has 0 unspecified atom stereocenters. The van der Waals surface area contributed by atoms with E-state index in [9.17, 15) is 0 Å². The Hall–Kier alpha value is -1.04. The van der Waals surface area contributed by atoms with Crippen LogP contribution >= 0.6 is 0 Å². The molecule has 0 aromatic heterocycles. The van der Waals surface area contributed by atoms with Crippen molar-refractivity contribution in [3.63, 3.8) is 0 Å². The molecule has 112 valence electrons.